The molecular weight excluding hydrogens is 430 g/mol. The van der Waals surface area contributed by atoms with Crippen molar-refractivity contribution >= 4 is 37.2 Å². The third-order valence-electron chi connectivity index (χ3n) is 3.70. The van der Waals surface area contributed by atoms with Gasteiger partial charge in [0.1, 0.15) is 12.8 Å². The van der Waals surface area contributed by atoms with Crippen LogP contribution in [0.15, 0.2) is 24.3 Å². The average molecular weight is 460 g/mol. The summed E-state index contributed by atoms with van der Waals surface area (Å²) in [6, 6.07) is 8.29. The fourth-order valence-corrected chi connectivity index (χ4v) is 6.92. The fourth-order valence-electron chi connectivity index (χ4n) is 2.79. The van der Waals surface area contributed by atoms with Gasteiger partial charge in [0.15, 0.2) is 0 Å². The first kappa shape index (κ1) is 22.7. The van der Waals surface area contributed by atoms with E-state index in [9.17, 15) is 4.57 Å². The van der Waals surface area contributed by atoms with Crippen molar-refractivity contribution in [1.82, 2.24) is 0 Å². The van der Waals surface area contributed by atoms with Crippen molar-refractivity contribution in [2.24, 2.45) is 0 Å². The Kier molecular flexibility index (Phi) is 8.92. The molecule has 0 aliphatic heterocycles. The molecule has 0 saturated carbocycles. The maximum atomic E-state index is 13.7. The Balaban J connectivity index is 0.00000135. The molecule has 0 saturated heterocycles. The Hall–Kier alpha value is 0.652. The normalized spacial score (nSPS) is 13.0. The molecule has 0 aliphatic carbocycles. The van der Waals surface area contributed by atoms with Gasteiger partial charge in [-0.1, -0.05) is 41.5 Å². The van der Waals surface area contributed by atoms with E-state index in [1.165, 1.54) is 10.6 Å². The number of rotatable bonds is 2. The number of halogens is 2. The predicted molar refractivity (Wildman–Crippen MR) is 97.4 cm³/mol. The Morgan fingerprint density at radius 2 is 1.23 bits per heavy atom. The van der Waals surface area contributed by atoms with Gasteiger partial charge in [-0.05, 0) is 24.3 Å². The monoisotopic (exact) mass is 458 g/mol. The molecule has 132 valence electrons. The van der Waals surface area contributed by atoms with Crippen LogP contribution in [0.25, 0.3) is 0 Å². The molecule has 1 rings (SSSR count). The van der Waals surface area contributed by atoms with Gasteiger partial charge in [0.2, 0.25) is 0 Å². The molecule has 0 spiro atoms. The van der Waals surface area contributed by atoms with E-state index in [2.05, 4.69) is 79.9 Å². The zero-order valence-corrected chi connectivity index (χ0v) is 18.7. The summed E-state index contributed by atoms with van der Waals surface area (Å²) >= 11 is -0.106. The quantitative estimate of drug-likeness (QED) is 0.513. The van der Waals surface area contributed by atoms with Crippen LogP contribution in [0.1, 0.15) is 41.5 Å². The van der Waals surface area contributed by atoms with Gasteiger partial charge >= 0.3 is 35.0 Å². The Morgan fingerprint density at radius 1 is 0.909 bits per heavy atom. The number of hydrogen-bond donors (Lipinski definition) is 1. The van der Waals surface area contributed by atoms with Crippen LogP contribution in [0.2, 0.25) is 0 Å². The standard InChI is InChI=1S/C16H28NOP.2ClH.Pd/c1-15(2,3)19(18,16(4,5)6)14-11-9-13(10-12-14)17(7)8;;;/h9-12H,1-8H3;2*1H;/q;;;+2/p-1. The second-order valence-electron chi connectivity index (χ2n) is 7.54. The molecule has 0 atom stereocenters. The minimum atomic E-state index is -2.50. The van der Waals surface area contributed by atoms with Crippen LogP contribution in [-0.4, -0.2) is 24.4 Å². The number of hydrogen-bond acceptors (Lipinski definition) is 1. The van der Waals surface area contributed by atoms with Crippen molar-refractivity contribution in [1.29, 1.82) is 0 Å². The molecule has 2 nitrogen and oxygen atoms in total. The van der Waals surface area contributed by atoms with E-state index in [0.29, 0.717) is 0 Å². The van der Waals surface area contributed by atoms with Crippen LogP contribution in [0, 0.1) is 0 Å². The first-order chi connectivity index (χ1) is 9.82. The van der Waals surface area contributed by atoms with Crippen LogP contribution in [0.4, 0.5) is 5.69 Å². The summed E-state index contributed by atoms with van der Waals surface area (Å²) in [5.74, 6) is 0. The van der Waals surface area contributed by atoms with E-state index in [4.69, 9.17) is 19.1 Å². The molecule has 0 bridgehead atoms. The number of benzene rings is 1. The molecule has 0 radical (unpaired) electrons. The van der Waals surface area contributed by atoms with Gasteiger partial charge in [0, 0.05) is 15.6 Å². The van der Waals surface area contributed by atoms with Crippen molar-refractivity contribution in [3.05, 3.63) is 24.3 Å². The van der Waals surface area contributed by atoms with Crippen LogP contribution in [-0.2, 0) is 20.5 Å². The van der Waals surface area contributed by atoms with Crippen LogP contribution in [0.5, 0.6) is 0 Å². The van der Waals surface area contributed by atoms with E-state index < -0.39 is 7.14 Å². The Morgan fingerprint density at radius 3 is 1.45 bits per heavy atom. The average Bonchev–Trinajstić information content (AvgIpc) is 2.36. The zero-order valence-electron chi connectivity index (χ0n) is 14.7. The number of nitrogens with one attached hydrogen (secondary N) is 1. The van der Waals surface area contributed by atoms with Crippen LogP contribution >= 0.6 is 26.2 Å². The maximum absolute atomic E-state index is 13.7. The van der Waals surface area contributed by atoms with Crippen molar-refractivity contribution < 1.29 is 25.4 Å². The summed E-state index contributed by atoms with van der Waals surface area (Å²) in [6.45, 7) is 12.5. The summed E-state index contributed by atoms with van der Waals surface area (Å²) in [5.41, 5.74) is 1.22. The van der Waals surface area contributed by atoms with E-state index in [0.717, 1.165) is 5.30 Å². The SMILES string of the molecule is C[NH+](C)c1ccc(P(=O)(C(C)(C)C)C(C)(C)C)cc1.[Cl][Pd][Cl]. The van der Waals surface area contributed by atoms with E-state index in [1.54, 1.807) is 0 Å². The molecular formula is C16H29Cl2NOPPd+. The van der Waals surface area contributed by atoms with E-state index >= 15 is 0 Å². The molecule has 0 amide bonds. The summed E-state index contributed by atoms with van der Waals surface area (Å²) in [7, 11) is 11.3. The second kappa shape index (κ2) is 8.66. The summed E-state index contributed by atoms with van der Waals surface area (Å²) in [5, 5.41) is 0.549. The molecule has 0 aromatic heterocycles. The molecule has 0 fully saturated rings. The fraction of sp³-hybridized carbons (Fsp3) is 0.625. The van der Waals surface area contributed by atoms with Crippen LogP contribution in [0.3, 0.4) is 0 Å². The Labute approximate surface area is 152 Å². The van der Waals surface area contributed by atoms with Gasteiger partial charge in [-0.2, -0.15) is 0 Å². The van der Waals surface area contributed by atoms with Gasteiger partial charge in [0.25, 0.3) is 0 Å². The summed E-state index contributed by atoms with van der Waals surface area (Å²) in [6.07, 6.45) is 0. The molecule has 0 aliphatic rings. The molecule has 1 N–H and O–H groups in total. The van der Waals surface area contributed by atoms with Gasteiger partial charge in [0.05, 0.1) is 14.1 Å². The number of quaternary nitrogens is 1. The minimum absolute atomic E-state index is 0.106. The summed E-state index contributed by atoms with van der Waals surface area (Å²) in [4.78, 5) is 1.29. The van der Waals surface area contributed by atoms with Crippen LogP contribution < -0.4 is 10.2 Å². The topological polar surface area (TPSA) is 21.5 Å². The first-order valence-corrected chi connectivity index (χ1v) is 12.9. The molecule has 6 heteroatoms. The summed E-state index contributed by atoms with van der Waals surface area (Å²) < 4.78 is 13.7. The second-order valence-corrected chi connectivity index (χ2v) is 14.3. The van der Waals surface area contributed by atoms with E-state index in [-0.39, 0.29) is 26.3 Å². The van der Waals surface area contributed by atoms with Crippen molar-refractivity contribution in [3.63, 3.8) is 0 Å². The predicted octanol–water partition coefficient (Wildman–Crippen LogP) is 4.42. The molecule has 1 aromatic carbocycles. The van der Waals surface area contributed by atoms with Crippen molar-refractivity contribution in [3.8, 4) is 0 Å². The Bertz CT molecular complexity index is 486. The first-order valence-electron chi connectivity index (χ1n) is 7.16. The van der Waals surface area contributed by atoms with Gasteiger partial charge in [-0.15, -0.1) is 0 Å². The molecule has 22 heavy (non-hydrogen) atoms. The van der Waals surface area contributed by atoms with E-state index in [1.807, 2.05) is 0 Å². The molecule has 0 unspecified atom stereocenters. The van der Waals surface area contributed by atoms with Gasteiger partial charge < -0.3 is 9.46 Å². The third kappa shape index (κ3) is 5.34. The zero-order chi connectivity index (χ0) is 17.8. The van der Waals surface area contributed by atoms with Crippen molar-refractivity contribution in [2.75, 3.05) is 14.1 Å². The third-order valence-corrected chi connectivity index (χ3v) is 8.50. The van der Waals surface area contributed by atoms with Gasteiger partial charge in [-0.25, -0.2) is 0 Å². The van der Waals surface area contributed by atoms with Crippen molar-refractivity contribution in [2.45, 2.75) is 51.9 Å². The molecule has 1 aromatic rings. The molecule has 0 heterocycles. The van der Waals surface area contributed by atoms with Gasteiger partial charge in [-0.3, -0.25) is 0 Å².